The highest BCUT2D eigenvalue weighted by molar-refractivity contribution is 5.94. The first-order valence-corrected chi connectivity index (χ1v) is 9.67. The number of esters is 3. The summed E-state index contributed by atoms with van der Waals surface area (Å²) in [6.45, 7) is 2.38. The molecular weight excluding hydrogens is 434 g/mol. The number of phenolic OH excluding ortho intramolecular Hbond substituents is 2. The molecule has 0 saturated heterocycles. The Morgan fingerprint density at radius 2 is 1.61 bits per heavy atom. The fourth-order valence-electron chi connectivity index (χ4n) is 2.76. The van der Waals surface area contributed by atoms with Crippen molar-refractivity contribution in [3.63, 3.8) is 0 Å². The number of amides is 1. The minimum atomic E-state index is -1.08. The van der Waals surface area contributed by atoms with Gasteiger partial charge in [-0.1, -0.05) is 12.1 Å². The zero-order valence-electron chi connectivity index (χ0n) is 18.2. The van der Waals surface area contributed by atoms with E-state index in [0.29, 0.717) is 11.1 Å². The molecule has 0 saturated carbocycles. The van der Waals surface area contributed by atoms with Crippen molar-refractivity contribution in [1.29, 1.82) is 0 Å². The highest BCUT2D eigenvalue weighted by atomic mass is 16.6. The first kappa shape index (κ1) is 24.9. The Hall–Kier alpha value is -4.34. The molecule has 0 aromatic heterocycles. The van der Waals surface area contributed by atoms with Crippen molar-refractivity contribution in [2.45, 2.75) is 26.3 Å². The third-order valence-electron chi connectivity index (χ3n) is 4.18. The topological polar surface area (TPSA) is 148 Å². The lowest BCUT2D eigenvalue weighted by atomic mass is 10.0. The third-order valence-corrected chi connectivity index (χ3v) is 4.18. The summed E-state index contributed by atoms with van der Waals surface area (Å²) in [5.74, 6) is -3.20. The fourth-order valence-corrected chi connectivity index (χ4v) is 2.76. The number of carbonyl (C=O) groups excluding carboxylic acids is 4. The average molecular weight is 457 g/mol. The maximum absolute atomic E-state index is 12.3. The van der Waals surface area contributed by atoms with Crippen molar-refractivity contribution < 1.29 is 43.6 Å². The number of ether oxygens (including phenoxy) is 3. The molecule has 0 radical (unpaired) electrons. The van der Waals surface area contributed by atoms with E-state index in [2.05, 4.69) is 5.32 Å². The molecule has 0 fully saturated rings. The Bertz CT molecular complexity index is 1090. The van der Waals surface area contributed by atoms with Gasteiger partial charge in [0.05, 0.1) is 7.11 Å². The molecular formula is C23H23NO9. The second kappa shape index (κ2) is 11.3. The second-order valence-electron chi connectivity index (χ2n) is 6.84. The lowest BCUT2D eigenvalue weighted by molar-refractivity contribution is -0.144. The van der Waals surface area contributed by atoms with E-state index in [-0.39, 0.29) is 29.4 Å². The van der Waals surface area contributed by atoms with Crippen LogP contribution in [0.5, 0.6) is 23.0 Å². The quantitative estimate of drug-likeness (QED) is 0.234. The number of carbonyl (C=O) groups is 4. The molecule has 10 nitrogen and oxygen atoms in total. The number of phenols is 2. The van der Waals surface area contributed by atoms with Gasteiger partial charge in [-0.25, -0.2) is 4.79 Å². The molecule has 33 heavy (non-hydrogen) atoms. The first-order valence-electron chi connectivity index (χ1n) is 9.67. The molecule has 10 heteroatoms. The third kappa shape index (κ3) is 7.69. The molecule has 0 bridgehead atoms. The van der Waals surface area contributed by atoms with Gasteiger partial charge in [0.15, 0.2) is 23.0 Å². The van der Waals surface area contributed by atoms with Crippen LogP contribution in [0.15, 0.2) is 42.5 Å². The summed E-state index contributed by atoms with van der Waals surface area (Å²) in [4.78, 5) is 47.2. The van der Waals surface area contributed by atoms with Crippen molar-refractivity contribution >= 4 is 29.9 Å². The number of hydrogen-bond donors (Lipinski definition) is 3. The van der Waals surface area contributed by atoms with Gasteiger partial charge in [-0.3, -0.25) is 14.4 Å². The molecule has 1 amide bonds. The molecule has 3 N–H and O–H groups in total. The maximum Gasteiger partial charge on any atom is 0.328 e. The van der Waals surface area contributed by atoms with E-state index >= 15 is 0 Å². The van der Waals surface area contributed by atoms with Gasteiger partial charge in [0.1, 0.15) is 6.04 Å². The van der Waals surface area contributed by atoms with E-state index in [1.165, 1.54) is 57.4 Å². The second-order valence-corrected chi connectivity index (χ2v) is 6.84. The van der Waals surface area contributed by atoms with Gasteiger partial charge >= 0.3 is 17.9 Å². The molecule has 0 heterocycles. The van der Waals surface area contributed by atoms with E-state index in [0.717, 1.165) is 6.08 Å². The highest BCUT2D eigenvalue weighted by Crippen LogP contribution is 2.29. The van der Waals surface area contributed by atoms with Crippen LogP contribution in [0.3, 0.4) is 0 Å². The Morgan fingerprint density at radius 3 is 2.21 bits per heavy atom. The van der Waals surface area contributed by atoms with Crippen LogP contribution >= 0.6 is 0 Å². The smallest absolute Gasteiger partial charge is 0.328 e. The number of benzene rings is 2. The number of aromatic hydroxyl groups is 2. The van der Waals surface area contributed by atoms with Crippen LogP contribution in [0.1, 0.15) is 25.0 Å². The number of hydrogen-bond acceptors (Lipinski definition) is 9. The summed E-state index contributed by atoms with van der Waals surface area (Å²) in [6.07, 6.45) is 2.52. The molecule has 2 aromatic rings. The highest BCUT2D eigenvalue weighted by Gasteiger charge is 2.22. The van der Waals surface area contributed by atoms with Crippen molar-refractivity contribution in [1.82, 2.24) is 5.32 Å². The van der Waals surface area contributed by atoms with Crippen molar-refractivity contribution in [3.8, 4) is 23.0 Å². The molecule has 0 aliphatic rings. The molecule has 0 aliphatic heterocycles. The van der Waals surface area contributed by atoms with Crippen LogP contribution in [-0.2, 0) is 30.3 Å². The molecule has 2 rings (SSSR count). The summed E-state index contributed by atoms with van der Waals surface area (Å²) < 4.78 is 14.8. The van der Waals surface area contributed by atoms with E-state index in [9.17, 15) is 29.4 Å². The molecule has 0 unspecified atom stereocenters. The monoisotopic (exact) mass is 457 g/mol. The van der Waals surface area contributed by atoms with Gasteiger partial charge in [0, 0.05) is 26.3 Å². The van der Waals surface area contributed by atoms with Crippen molar-refractivity contribution in [2.24, 2.45) is 0 Å². The minimum absolute atomic E-state index is 0.0130. The van der Waals surface area contributed by atoms with E-state index in [4.69, 9.17) is 14.2 Å². The van der Waals surface area contributed by atoms with Gasteiger partial charge in [0.2, 0.25) is 5.91 Å². The van der Waals surface area contributed by atoms with Crippen molar-refractivity contribution in [3.05, 3.63) is 53.6 Å². The van der Waals surface area contributed by atoms with Gasteiger partial charge in [0.25, 0.3) is 0 Å². The van der Waals surface area contributed by atoms with Crippen LogP contribution in [0.25, 0.3) is 6.08 Å². The van der Waals surface area contributed by atoms with Crippen LogP contribution in [0, 0.1) is 0 Å². The molecule has 174 valence electrons. The van der Waals surface area contributed by atoms with Crippen molar-refractivity contribution in [2.75, 3.05) is 7.11 Å². The zero-order valence-corrected chi connectivity index (χ0v) is 18.2. The molecule has 0 aliphatic carbocycles. The lowest BCUT2D eigenvalue weighted by Crippen LogP contribution is -2.42. The van der Waals surface area contributed by atoms with Gasteiger partial charge in [-0.05, 0) is 41.5 Å². The predicted octanol–water partition coefficient (Wildman–Crippen LogP) is 1.86. The SMILES string of the molecule is COC(=O)[C@H](Cc1ccc(OC(C)=O)c(OC(C)=O)c1)NC(=O)/C=C/c1ccc(O)c(O)c1. The van der Waals surface area contributed by atoms with E-state index < -0.39 is 29.9 Å². The minimum Gasteiger partial charge on any atom is -0.504 e. The number of methoxy groups -OCH3 is 1. The number of nitrogens with one attached hydrogen (secondary N) is 1. The van der Waals surface area contributed by atoms with Gasteiger partial charge < -0.3 is 29.7 Å². The predicted molar refractivity (Wildman–Crippen MR) is 116 cm³/mol. The van der Waals surface area contributed by atoms with E-state index in [1.54, 1.807) is 6.07 Å². The Balaban J connectivity index is 2.19. The average Bonchev–Trinajstić information content (AvgIpc) is 2.74. The Morgan fingerprint density at radius 1 is 0.939 bits per heavy atom. The zero-order chi connectivity index (χ0) is 24.5. The normalized spacial score (nSPS) is 11.5. The largest absolute Gasteiger partial charge is 0.504 e. The Kier molecular flexibility index (Phi) is 8.56. The Labute approximate surface area is 189 Å². The summed E-state index contributed by atoms with van der Waals surface area (Å²) >= 11 is 0. The van der Waals surface area contributed by atoms with Crippen LogP contribution in [0.4, 0.5) is 0 Å². The van der Waals surface area contributed by atoms with Crippen LogP contribution in [-0.4, -0.2) is 47.2 Å². The molecule has 0 spiro atoms. The fraction of sp³-hybridized carbons (Fsp3) is 0.217. The van der Waals surface area contributed by atoms with Gasteiger partial charge in [-0.15, -0.1) is 0 Å². The number of rotatable bonds is 8. The molecule has 2 aromatic carbocycles. The van der Waals surface area contributed by atoms with Crippen LogP contribution < -0.4 is 14.8 Å². The summed E-state index contributed by atoms with van der Waals surface area (Å²) in [7, 11) is 1.17. The summed E-state index contributed by atoms with van der Waals surface area (Å²) in [6, 6.07) is 7.30. The lowest BCUT2D eigenvalue weighted by Gasteiger charge is -2.17. The standard InChI is InChI=1S/C23H23NO9/c1-13(25)32-20-8-5-16(12-21(20)33-14(2)26)10-17(23(30)31-3)24-22(29)9-6-15-4-7-18(27)19(28)11-15/h4-9,11-12,17,27-28H,10H2,1-3H3,(H,24,29)/b9-6+/t17-/m0/s1. The first-order chi connectivity index (χ1) is 15.6. The van der Waals surface area contributed by atoms with Gasteiger partial charge in [-0.2, -0.15) is 0 Å². The maximum atomic E-state index is 12.3. The summed E-state index contributed by atoms with van der Waals surface area (Å²) in [5.41, 5.74) is 0.937. The molecule has 1 atom stereocenters. The van der Waals surface area contributed by atoms with Crippen LogP contribution in [0.2, 0.25) is 0 Å². The van der Waals surface area contributed by atoms with E-state index in [1.807, 2.05) is 0 Å². The summed E-state index contributed by atoms with van der Waals surface area (Å²) in [5, 5.41) is 21.4.